The van der Waals surface area contributed by atoms with Crippen LogP contribution in [0.25, 0.3) is 0 Å². The molecule has 0 aliphatic carbocycles. The number of nitrogens with zero attached hydrogens (tertiary/aromatic N) is 4. The van der Waals surface area contributed by atoms with Gasteiger partial charge in [-0.15, -0.1) is 0 Å². The van der Waals surface area contributed by atoms with E-state index in [1.54, 1.807) is 13.4 Å². The standard InChI is InChI=1S/C18H23N5O2/c1-25-15-5-6-16-13(9-15)3-2-8-22(16)18(24)10-19-14-4-7-17-20-12-21-23(17)11-14/h5-6,9,12,14,19H,2-4,7-8,10-11H2,1H3/t14-/m1/s1. The van der Waals surface area contributed by atoms with Crippen molar-refractivity contribution in [1.29, 1.82) is 0 Å². The van der Waals surface area contributed by atoms with Gasteiger partial charge in [-0.25, -0.2) is 9.67 Å². The number of benzene rings is 1. The zero-order valence-corrected chi connectivity index (χ0v) is 14.4. The highest BCUT2D eigenvalue weighted by Gasteiger charge is 2.25. The van der Waals surface area contributed by atoms with E-state index in [0.717, 1.165) is 56.0 Å². The monoisotopic (exact) mass is 341 g/mol. The maximum Gasteiger partial charge on any atom is 0.240 e. The molecule has 1 aromatic heterocycles. The third kappa shape index (κ3) is 3.24. The topological polar surface area (TPSA) is 72.3 Å². The highest BCUT2D eigenvalue weighted by molar-refractivity contribution is 5.96. The Balaban J connectivity index is 1.39. The number of hydrogen-bond acceptors (Lipinski definition) is 5. The highest BCUT2D eigenvalue weighted by Crippen LogP contribution is 2.30. The average molecular weight is 341 g/mol. The zero-order chi connectivity index (χ0) is 17.2. The van der Waals surface area contributed by atoms with Crippen LogP contribution in [0.3, 0.4) is 0 Å². The van der Waals surface area contributed by atoms with Crippen molar-refractivity contribution < 1.29 is 9.53 Å². The Morgan fingerprint density at radius 2 is 2.32 bits per heavy atom. The number of aryl methyl sites for hydroxylation is 2. The number of rotatable bonds is 4. The van der Waals surface area contributed by atoms with Crippen LogP contribution in [-0.2, 0) is 24.2 Å². The molecule has 0 saturated carbocycles. The van der Waals surface area contributed by atoms with Gasteiger partial charge >= 0.3 is 0 Å². The van der Waals surface area contributed by atoms with Crippen molar-refractivity contribution in [2.24, 2.45) is 0 Å². The van der Waals surface area contributed by atoms with Crippen LogP contribution in [0.4, 0.5) is 5.69 Å². The Kier molecular flexibility index (Phi) is 4.40. The number of fused-ring (bicyclic) bond motifs is 2. The maximum absolute atomic E-state index is 12.8. The molecule has 2 aliphatic heterocycles. The van der Waals surface area contributed by atoms with Crippen LogP contribution in [0.2, 0.25) is 0 Å². The molecule has 1 N–H and O–H groups in total. The maximum atomic E-state index is 12.8. The van der Waals surface area contributed by atoms with E-state index < -0.39 is 0 Å². The van der Waals surface area contributed by atoms with Gasteiger partial charge in [0.05, 0.1) is 20.2 Å². The lowest BCUT2D eigenvalue weighted by Gasteiger charge is -2.31. The summed E-state index contributed by atoms with van der Waals surface area (Å²) in [5.41, 5.74) is 2.20. The first-order valence-corrected chi connectivity index (χ1v) is 8.82. The Labute approximate surface area is 147 Å². The minimum absolute atomic E-state index is 0.121. The predicted octanol–water partition coefficient (Wildman–Crippen LogP) is 1.17. The lowest BCUT2D eigenvalue weighted by Crippen LogP contribution is -2.46. The normalized spacial score (nSPS) is 19.2. The van der Waals surface area contributed by atoms with Crippen LogP contribution in [0.15, 0.2) is 24.5 Å². The van der Waals surface area contributed by atoms with E-state index in [9.17, 15) is 4.79 Å². The fourth-order valence-electron chi connectivity index (χ4n) is 3.69. The zero-order valence-electron chi connectivity index (χ0n) is 14.4. The van der Waals surface area contributed by atoms with E-state index in [-0.39, 0.29) is 11.9 Å². The van der Waals surface area contributed by atoms with Gasteiger partial charge in [0, 0.05) is 24.7 Å². The molecular formula is C18H23N5O2. The molecule has 3 heterocycles. The van der Waals surface area contributed by atoms with Crippen LogP contribution >= 0.6 is 0 Å². The summed E-state index contributed by atoms with van der Waals surface area (Å²) >= 11 is 0. The van der Waals surface area contributed by atoms with E-state index in [1.165, 1.54) is 5.56 Å². The van der Waals surface area contributed by atoms with Crippen LogP contribution in [-0.4, -0.2) is 46.9 Å². The quantitative estimate of drug-likeness (QED) is 0.904. The van der Waals surface area contributed by atoms with Gasteiger partial charge in [-0.1, -0.05) is 0 Å². The first-order valence-electron chi connectivity index (χ1n) is 8.82. The SMILES string of the molecule is COc1ccc2c(c1)CCCN2C(=O)CN[C@@H]1CCc2ncnn2C1. The fraction of sp³-hybridized carbons (Fsp3) is 0.500. The second kappa shape index (κ2) is 6.84. The molecule has 0 fully saturated rings. The number of amides is 1. The summed E-state index contributed by atoms with van der Waals surface area (Å²) in [4.78, 5) is 18.9. The summed E-state index contributed by atoms with van der Waals surface area (Å²) in [6.07, 6.45) is 5.46. The minimum Gasteiger partial charge on any atom is -0.497 e. The van der Waals surface area contributed by atoms with E-state index in [0.29, 0.717) is 6.54 Å². The van der Waals surface area contributed by atoms with Gasteiger partial charge in [0.2, 0.25) is 5.91 Å². The molecule has 7 heteroatoms. The van der Waals surface area contributed by atoms with Crippen molar-refractivity contribution in [2.75, 3.05) is 25.1 Å². The summed E-state index contributed by atoms with van der Waals surface area (Å²) < 4.78 is 7.22. The average Bonchev–Trinajstić information content (AvgIpc) is 3.13. The fourth-order valence-corrected chi connectivity index (χ4v) is 3.69. The number of ether oxygens (including phenoxy) is 1. The van der Waals surface area contributed by atoms with Crippen molar-refractivity contribution in [3.63, 3.8) is 0 Å². The minimum atomic E-state index is 0.121. The number of carbonyl (C=O) groups is 1. The summed E-state index contributed by atoms with van der Waals surface area (Å²) in [6, 6.07) is 6.22. The molecule has 0 unspecified atom stereocenters. The number of methoxy groups -OCH3 is 1. The van der Waals surface area contributed by atoms with E-state index >= 15 is 0 Å². The first-order chi connectivity index (χ1) is 12.2. The molecule has 1 aromatic carbocycles. The third-order valence-electron chi connectivity index (χ3n) is 5.05. The molecule has 0 saturated heterocycles. The summed E-state index contributed by atoms with van der Waals surface area (Å²) in [6.45, 7) is 1.90. The Hall–Kier alpha value is -2.41. The number of aromatic nitrogens is 3. The molecule has 2 aromatic rings. The van der Waals surface area contributed by atoms with Crippen molar-refractivity contribution in [3.05, 3.63) is 35.9 Å². The second-order valence-electron chi connectivity index (χ2n) is 6.62. The number of hydrogen-bond donors (Lipinski definition) is 1. The largest absolute Gasteiger partial charge is 0.497 e. The Morgan fingerprint density at radius 1 is 1.40 bits per heavy atom. The Morgan fingerprint density at radius 3 is 3.20 bits per heavy atom. The van der Waals surface area contributed by atoms with Gasteiger partial charge in [0.15, 0.2) is 0 Å². The number of nitrogens with one attached hydrogen (secondary N) is 1. The third-order valence-corrected chi connectivity index (χ3v) is 5.05. The molecule has 1 amide bonds. The van der Waals surface area contributed by atoms with E-state index in [2.05, 4.69) is 15.4 Å². The van der Waals surface area contributed by atoms with Gasteiger partial charge in [0.1, 0.15) is 17.9 Å². The molecule has 132 valence electrons. The molecule has 0 spiro atoms. The first kappa shape index (κ1) is 16.1. The smallest absolute Gasteiger partial charge is 0.240 e. The van der Waals surface area contributed by atoms with Crippen LogP contribution < -0.4 is 15.0 Å². The van der Waals surface area contributed by atoms with Crippen LogP contribution in [0.1, 0.15) is 24.2 Å². The molecule has 2 aliphatic rings. The lowest BCUT2D eigenvalue weighted by atomic mass is 10.0. The molecule has 25 heavy (non-hydrogen) atoms. The highest BCUT2D eigenvalue weighted by atomic mass is 16.5. The van der Waals surface area contributed by atoms with Gasteiger partial charge < -0.3 is 15.0 Å². The number of carbonyl (C=O) groups excluding carboxylic acids is 1. The molecule has 0 bridgehead atoms. The lowest BCUT2D eigenvalue weighted by molar-refractivity contribution is -0.118. The number of anilines is 1. The second-order valence-corrected chi connectivity index (χ2v) is 6.62. The predicted molar refractivity (Wildman–Crippen MR) is 93.8 cm³/mol. The molecule has 4 rings (SSSR count). The van der Waals surface area contributed by atoms with E-state index in [1.807, 2.05) is 27.8 Å². The Bertz CT molecular complexity index is 773. The van der Waals surface area contributed by atoms with Gasteiger partial charge in [-0.05, 0) is 43.0 Å². The molecular weight excluding hydrogens is 318 g/mol. The van der Waals surface area contributed by atoms with Crippen LogP contribution in [0, 0.1) is 0 Å². The van der Waals surface area contributed by atoms with E-state index in [4.69, 9.17) is 4.74 Å². The molecule has 7 nitrogen and oxygen atoms in total. The van der Waals surface area contributed by atoms with Crippen molar-refractivity contribution in [1.82, 2.24) is 20.1 Å². The van der Waals surface area contributed by atoms with Crippen molar-refractivity contribution >= 4 is 11.6 Å². The molecule has 1 atom stereocenters. The summed E-state index contributed by atoms with van der Waals surface area (Å²) in [5.74, 6) is 2.00. The summed E-state index contributed by atoms with van der Waals surface area (Å²) in [7, 11) is 1.67. The van der Waals surface area contributed by atoms with Crippen molar-refractivity contribution in [2.45, 2.75) is 38.3 Å². The molecule has 0 radical (unpaired) electrons. The van der Waals surface area contributed by atoms with Gasteiger partial charge in [-0.2, -0.15) is 5.10 Å². The van der Waals surface area contributed by atoms with Crippen molar-refractivity contribution in [3.8, 4) is 5.75 Å². The van der Waals surface area contributed by atoms with Gasteiger partial charge in [0.25, 0.3) is 0 Å². The van der Waals surface area contributed by atoms with Crippen LogP contribution in [0.5, 0.6) is 5.75 Å². The summed E-state index contributed by atoms with van der Waals surface area (Å²) in [5, 5.41) is 7.63. The van der Waals surface area contributed by atoms with Gasteiger partial charge in [-0.3, -0.25) is 4.79 Å².